The van der Waals surface area contributed by atoms with E-state index >= 15 is 0 Å². The number of carbonyl (C=O) groups excluding carboxylic acids is 2. The van der Waals surface area contributed by atoms with Gasteiger partial charge in [-0.2, -0.15) is 14.7 Å². The highest BCUT2D eigenvalue weighted by Gasteiger charge is 2.36. The fraction of sp³-hybridized carbons (Fsp3) is 0.696. The van der Waals surface area contributed by atoms with Crippen molar-refractivity contribution in [2.45, 2.75) is 141 Å². The van der Waals surface area contributed by atoms with E-state index in [0.717, 1.165) is 131 Å². The lowest BCUT2D eigenvalue weighted by atomic mass is 10.00. The number of ether oxygens (including phenoxy) is 4. The van der Waals surface area contributed by atoms with Crippen molar-refractivity contribution < 1.29 is 28.5 Å². The summed E-state index contributed by atoms with van der Waals surface area (Å²) in [6.07, 6.45) is 10.1. The summed E-state index contributed by atoms with van der Waals surface area (Å²) in [7, 11) is 0. The van der Waals surface area contributed by atoms with E-state index in [1.54, 1.807) is 9.42 Å². The predicted molar refractivity (Wildman–Crippen MR) is 241 cm³/mol. The van der Waals surface area contributed by atoms with Gasteiger partial charge < -0.3 is 29.2 Å². The molecular weight excluding hydrogens is 824 g/mol. The van der Waals surface area contributed by atoms with Gasteiger partial charge in [-0.05, 0) is 112 Å². The standard InChI is InChI=1S/C23H33N5O3.C19H25ClN4O2.C4H9NO/c1-23(2,3)31-22(29)27-9-5-4-6-19(27)18-14-20-24-17(16-7-8-16)15-21(28(20)25-18)26-10-12-30-13-11-26;1-19(2,3)26-18(25)23-9-5-4-6-15(23)14-11-17-21-13(12-7-8-12)10-16(20)24(17)22-14;1-3-6-4-2-5-1/h14-16,19H,4-13H2,1-3H3;10-12,15H,4-9H2,1-3H3;5H,1-4H2/t19-;15-;/m00./s1. The lowest BCUT2D eigenvalue weighted by molar-refractivity contribution is 0.00800. The van der Waals surface area contributed by atoms with E-state index in [4.69, 9.17) is 45.6 Å². The maximum absolute atomic E-state index is 12.9. The zero-order valence-electron chi connectivity index (χ0n) is 38.1. The highest BCUT2D eigenvalue weighted by molar-refractivity contribution is 6.29. The van der Waals surface area contributed by atoms with E-state index in [0.29, 0.717) is 30.1 Å². The molecular formula is C46H67ClN10O6. The molecule has 344 valence electrons. The van der Waals surface area contributed by atoms with Crippen LogP contribution in [0.15, 0.2) is 24.3 Å². The van der Waals surface area contributed by atoms with E-state index in [9.17, 15) is 9.59 Å². The molecule has 8 heterocycles. The number of hydrogen-bond acceptors (Lipinski definition) is 12. The molecule has 4 aromatic rings. The molecule has 2 atom stereocenters. The fourth-order valence-corrected chi connectivity index (χ4v) is 8.80. The first kappa shape index (κ1) is 45.3. The summed E-state index contributed by atoms with van der Waals surface area (Å²) in [6.45, 7) is 19.8. The molecule has 16 nitrogen and oxygen atoms in total. The van der Waals surface area contributed by atoms with Gasteiger partial charge in [-0.25, -0.2) is 24.1 Å². The average molecular weight is 892 g/mol. The maximum atomic E-state index is 12.9. The largest absolute Gasteiger partial charge is 0.444 e. The molecule has 4 aromatic heterocycles. The average Bonchev–Trinajstić information content (AvgIpc) is 4.21. The van der Waals surface area contributed by atoms with Crippen LogP contribution >= 0.6 is 11.6 Å². The normalized spacial score (nSPS) is 22.2. The molecule has 17 heteroatoms. The number of nitrogens with zero attached hydrogens (tertiary/aromatic N) is 9. The summed E-state index contributed by atoms with van der Waals surface area (Å²) in [5.74, 6) is 2.18. The number of anilines is 1. The second-order valence-electron chi connectivity index (χ2n) is 19.6. The molecule has 1 N–H and O–H groups in total. The number of likely N-dealkylation sites (tertiary alicyclic amines) is 2. The molecule has 0 radical (unpaired) electrons. The van der Waals surface area contributed by atoms with Crippen LogP contribution in [0.3, 0.4) is 0 Å². The number of piperidine rings is 2. The van der Waals surface area contributed by atoms with Gasteiger partial charge in [-0.3, -0.25) is 9.80 Å². The number of amides is 2. The topological polar surface area (TPSA) is 153 Å². The quantitative estimate of drug-likeness (QED) is 0.192. The molecule has 0 aromatic carbocycles. The third-order valence-corrected chi connectivity index (χ3v) is 12.3. The summed E-state index contributed by atoms with van der Waals surface area (Å²) < 4.78 is 25.5. The molecule has 0 unspecified atom stereocenters. The smallest absolute Gasteiger partial charge is 0.410 e. The van der Waals surface area contributed by atoms with E-state index in [2.05, 4.69) is 27.4 Å². The van der Waals surface area contributed by atoms with Crippen molar-refractivity contribution in [1.29, 1.82) is 0 Å². The molecule has 6 aliphatic rings. The van der Waals surface area contributed by atoms with Crippen molar-refractivity contribution in [3.63, 3.8) is 0 Å². The van der Waals surface area contributed by atoms with Gasteiger partial charge in [-0.15, -0.1) is 0 Å². The molecule has 10 rings (SSSR count). The Labute approximate surface area is 376 Å². The number of halogens is 1. The number of aromatic nitrogens is 6. The van der Waals surface area contributed by atoms with Crippen molar-refractivity contribution in [2.75, 3.05) is 70.6 Å². The highest BCUT2D eigenvalue weighted by Crippen LogP contribution is 2.42. The number of hydrogen-bond donors (Lipinski definition) is 1. The van der Waals surface area contributed by atoms with Crippen LogP contribution in [0.2, 0.25) is 5.15 Å². The molecule has 63 heavy (non-hydrogen) atoms. The first-order valence-corrected chi connectivity index (χ1v) is 23.7. The Morgan fingerprint density at radius 3 is 1.56 bits per heavy atom. The number of carbonyl (C=O) groups is 2. The van der Waals surface area contributed by atoms with Gasteiger partial charge in [0.05, 0.1) is 49.9 Å². The zero-order chi connectivity index (χ0) is 44.3. The van der Waals surface area contributed by atoms with Gasteiger partial charge in [0.15, 0.2) is 11.3 Å². The molecule has 0 spiro atoms. The summed E-state index contributed by atoms with van der Waals surface area (Å²) in [4.78, 5) is 41.2. The Balaban J connectivity index is 0.000000154. The predicted octanol–water partition coefficient (Wildman–Crippen LogP) is 8.23. The molecule has 4 aliphatic heterocycles. The Morgan fingerprint density at radius 1 is 0.619 bits per heavy atom. The molecule has 0 bridgehead atoms. The van der Waals surface area contributed by atoms with Gasteiger partial charge in [0.2, 0.25) is 0 Å². The lowest BCUT2D eigenvalue weighted by Crippen LogP contribution is -2.42. The molecule has 2 saturated carbocycles. The van der Waals surface area contributed by atoms with E-state index < -0.39 is 11.2 Å². The second-order valence-corrected chi connectivity index (χ2v) is 20.0. The SMILES string of the molecule is C1COCCN1.CC(C)(C)OC(=O)N1CCCC[C@H]1c1cc2nc(C3CC3)cc(Cl)n2n1.CC(C)(C)OC(=O)N1CCCC[C@H]1c1cc2nc(C3CC3)cc(N3CCOCC3)n2n1. The summed E-state index contributed by atoms with van der Waals surface area (Å²) in [5, 5.41) is 13.4. The minimum absolute atomic E-state index is 0.0767. The van der Waals surface area contributed by atoms with Crippen LogP contribution in [0.4, 0.5) is 15.4 Å². The Morgan fingerprint density at radius 2 is 1.10 bits per heavy atom. The van der Waals surface area contributed by atoms with Gasteiger partial charge in [0.1, 0.15) is 22.2 Å². The minimum Gasteiger partial charge on any atom is -0.444 e. The summed E-state index contributed by atoms with van der Waals surface area (Å²) >= 11 is 6.43. The summed E-state index contributed by atoms with van der Waals surface area (Å²) in [6, 6.07) is 7.98. The third-order valence-electron chi connectivity index (χ3n) is 12.0. The zero-order valence-corrected chi connectivity index (χ0v) is 38.9. The minimum atomic E-state index is -0.512. The first-order valence-electron chi connectivity index (χ1n) is 23.3. The van der Waals surface area contributed by atoms with Crippen molar-refractivity contribution in [3.05, 3.63) is 52.2 Å². The molecule has 2 amide bonds. The van der Waals surface area contributed by atoms with Crippen molar-refractivity contribution in [3.8, 4) is 0 Å². The van der Waals surface area contributed by atoms with E-state index in [1.165, 1.54) is 25.7 Å². The number of nitrogens with one attached hydrogen (secondary N) is 1. The van der Waals surface area contributed by atoms with Crippen LogP contribution in [-0.2, 0) is 18.9 Å². The Kier molecular flexibility index (Phi) is 14.0. The number of rotatable bonds is 5. The van der Waals surface area contributed by atoms with Crippen molar-refractivity contribution in [2.24, 2.45) is 0 Å². The third kappa shape index (κ3) is 11.7. The second kappa shape index (κ2) is 19.5. The Bertz CT molecular complexity index is 2190. The maximum Gasteiger partial charge on any atom is 0.410 e. The number of fused-ring (bicyclic) bond motifs is 2. The summed E-state index contributed by atoms with van der Waals surface area (Å²) in [5.41, 5.74) is 4.54. The van der Waals surface area contributed by atoms with Gasteiger partial charge in [-0.1, -0.05) is 11.6 Å². The molecule has 6 fully saturated rings. The van der Waals surface area contributed by atoms with E-state index in [1.807, 2.05) is 63.1 Å². The van der Waals surface area contributed by atoms with Crippen LogP contribution in [-0.4, -0.2) is 128 Å². The number of morpholine rings is 2. The van der Waals surface area contributed by atoms with Crippen LogP contribution in [0.1, 0.15) is 152 Å². The Hall–Kier alpha value is -4.25. The van der Waals surface area contributed by atoms with Crippen LogP contribution in [0, 0.1) is 0 Å². The van der Waals surface area contributed by atoms with Gasteiger partial charge >= 0.3 is 12.2 Å². The molecule has 4 saturated heterocycles. The van der Waals surface area contributed by atoms with E-state index in [-0.39, 0.29) is 24.3 Å². The monoisotopic (exact) mass is 890 g/mol. The first-order chi connectivity index (χ1) is 30.2. The van der Waals surface area contributed by atoms with Crippen LogP contribution in [0.5, 0.6) is 0 Å². The van der Waals surface area contributed by atoms with Crippen LogP contribution in [0.25, 0.3) is 11.3 Å². The highest BCUT2D eigenvalue weighted by atomic mass is 35.5. The van der Waals surface area contributed by atoms with Crippen molar-refractivity contribution >= 4 is 40.9 Å². The lowest BCUT2D eigenvalue weighted by Gasteiger charge is -2.35. The molecule has 2 aliphatic carbocycles. The van der Waals surface area contributed by atoms with Gasteiger partial charge in [0, 0.05) is 80.7 Å². The fourth-order valence-electron chi connectivity index (χ4n) is 8.56. The van der Waals surface area contributed by atoms with Crippen molar-refractivity contribution in [1.82, 2.24) is 44.3 Å². The van der Waals surface area contributed by atoms with Gasteiger partial charge in [0.25, 0.3) is 0 Å². The van der Waals surface area contributed by atoms with Crippen LogP contribution < -0.4 is 10.2 Å².